The van der Waals surface area contributed by atoms with Crippen LogP contribution in [-0.4, -0.2) is 23.1 Å². The molecule has 0 unspecified atom stereocenters. The summed E-state index contributed by atoms with van der Waals surface area (Å²) < 4.78 is 0. The molecule has 0 N–H and O–H groups in total. The van der Waals surface area contributed by atoms with Crippen molar-refractivity contribution in [2.45, 2.75) is 5.92 Å². The average Bonchev–Trinajstić information content (AvgIpc) is 2.31. The maximum Gasteiger partial charge on any atom is 0.147 e. The van der Waals surface area contributed by atoms with Crippen LogP contribution >= 0.6 is 11.6 Å². The van der Waals surface area contributed by atoms with Crippen molar-refractivity contribution in [1.82, 2.24) is 9.97 Å². The highest BCUT2D eigenvalue weighted by atomic mass is 35.5. The number of aromatic nitrogens is 2. The molecule has 1 saturated heterocycles. The molecule has 17 heavy (non-hydrogen) atoms. The van der Waals surface area contributed by atoms with Crippen LogP contribution in [0.25, 0.3) is 0 Å². The Morgan fingerprint density at radius 1 is 1.18 bits per heavy atom. The second-order valence-electron chi connectivity index (χ2n) is 4.20. The first-order chi connectivity index (χ1) is 8.34. The van der Waals surface area contributed by atoms with E-state index < -0.39 is 0 Å². The molecule has 1 fully saturated rings. The zero-order chi connectivity index (χ0) is 11.7. The van der Waals surface area contributed by atoms with E-state index in [1.165, 1.54) is 5.56 Å². The third kappa shape index (κ3) is 1.98. The summed E-state index contributed by atoms with van der Waals surface area (Å²) in [7, 11) is 0. The first kappa shape index (κ1) is 10.5. The molecule has 3 heterocycles. The van der Waals surface area contributed by atoms with E-state index in [1.54, 1.807) is 12.4 Å². The zero-order valence-electron chi connectivity index (χ0n) is 9.25. The molecule has 0 amide bonds. The minimum Gasteiger partial charge on any atom is -0.354 e. The van der Waals surface area contributed by atoms with Gasteiger partial charge in [-0.25, -0.2) is 4.98 Å². The van der Waals surface area contributed by atoms with Crippen molar-refractivity contribution in [3.8, 4) is 0 Å². The molecule has 3 nitrogen and oxygen atoms in total. The predicted octanol–water partition coefficient (Wildman–Crippen LogP) is 2.73. The molecule has 86 valence electrons. The average molecular weight is 246 g/mol. The maximum absolute atomic E-state index is 6.11. The SMILES string of the molecule is Clc1cccnc1N1CC(c2cccnc2)C1. The highest BCUT2D eigenvalue weighted by Gasteiger charge is 2.30. The molecule has 3 rings (SSSR count). The third-order valence-corrected chi connectivity index (χ3v) is 3.37. The van der Waals surface area contributed by atoms with Crippen molar-refractivity contribution in [3.63, 3.8) is 0 Å². The van der Waals surface area contributed by atoms with Crippen LogP contribution < -0.4 is 4.90 Å². The van der Waals surface area contributed by atoms with Crippen LogP contribution in [0.5, 0.6) is 0 Å². The molecule has 4 heteroatoms. The Labute approximate surface area is 105 Å². The fraction of sp³-hybridized carbons (Fsp3) is 0.231. The molecule has 1 aliphatic rings. The lowest BCUT2D eigenvalue weighted by Gasteiger charge is -2.40. The van der Waals surface area contributed by atoms with Gasteiger partial charge in [-0.05, 0) is 23.8 Å². The van der Waals surface area contributed by atoms with Crippen molar-refractivity contribution >= 4 is 17.4 Å². The number of anilines is 1. The molecule has 2 aromatic heterocycles. The number of nitrogens with zero attached hydrogens (tertiary/aromatic N) is 3. The molecule has 2 aromatic rings. The van der Waals surface area contributed by atoms with Crippen molar-refractivity contribution in [1.29, 1.82) is 0 Å². The second-order valence-corrected chi connectivity index (χ2v) is 4.60. The Hall–Kier alpha value is -1.61. The van der Waals surface area contributed by atoms with Gasteiger partial charge in [-0.15, -0.1) is 0 Å². The summed E-state index contributed by atoms with van der Waals surface area (Å²) in [6.07, 6.45) is 5.51. The van der Waals surface area contributed by atoms with E-state index in [0.29, 0.717) is 5.92 Å². The number of rotatable bonds is 2. The Morgan fingerprint density at radius 2 is 2.00 bits per heavy atom. The van der Waals surface area contributed by atoms with E-state index in [9.17, 15) is 0 Å². The van der Waals surface area contributed by atoms with Crippen LogP contribution in [0.1, 0.15) is 11.5 Å². The largest absolute Gasteiger partial charge is 0.354 e. The van der Waals surface area contributed by atoms with Gasteiger partial charge in [-0.2, -0.15) is 0 Å². The van der Waals surface area contributed by atoms with E-state index in [2.05, 4.69) is 20.9 Å². The fourth-order valence-electron chi connectivity index (χ4n) is 2.09. The fourth-order valence-corrected chi connectivity index (χ4v) is 2.33. The second kappa shape index (κ2) is 4.34. The first-order valence-electron chi connectivity index (χ1n) is 5.60. The van der Waals surface area contributed by atoms with Gasteiger partial charge in [-0.3, -0.25) is 4.98 Å². The molecular formula is C13H12ClN3. The van der Waals surface area contributed by atoms with Gasteiger partial charge in [0.05, 0.1) is 5.02 Å². The Bertz CT molecular complexity index is 509. The Morgan fingerprint density at radius 3 is 2.71 bits per heavy atom. The minimum absolute atomic E-state index is 0.543. The monoisotopic (exact) mass is 245 g/mol. The first-order valence-corrected chi connectivity index (χ1v) is 5.98. The summed E-state index contributed by atoms with van der Waals surface area (Å²) in [6, 6.07) is 7.83. The summed E-state index contributed by atoms with van der Waals surface area (Å²) in [5, 5.41) is 0.720. The zero-order valence-corrected chi connectivity index (χ0v) is 10.0. The molecule has 0 aliphatic carbocycles. The van der Waals surface area contributed by atoms with E-state index >= 15 is 0 Å². The number of hydrogen-bond donors (Lipinski definition) is 0. The van der Waals surface area contributed by atoms with Crippen molar-refractivity contribution in [2.75, 3.05) is 18.0 Å². The normalized spacial score (nSPS) is 15.7. The van der Waals surface area contributed by atoms with Gasteiger partial charge in [-0.1, -0.05) is 17.7 Å². The molecule has 0 spiro atoms. The van der Waals surface area contributed by atoms with Crippen molar-refractivity contribution in [2.24, 2.45) is 0 Å². The quantitative estimate of drug-likeness (QED) is 0.815. The lowest BCUT2D eigenvalue weighted by molar-refractivity contribution is 0.519. The van der Waals surface area contributed by atoms with E-state index in [-0.39, 0.29) is 0 Å². The van der Waals surface area contributed by atoms with Gasteiger partial charge in [0, 0.05) is 37.6 Å². The van der Waals surface area contributed by atoms with Crippen LogP contribution in [0, 0.1) is 0 Å². The van der Waals surface area contributed by atoms with Gasteiger partial charge >= 0.3 is 0 Å². The van der Waals surface area contributed by atoms with Crippen LogP contribution in [0.4, 0.5) is 5.82 Å². The third-order valence-electron chi connectivity index (χ3n) is 3.08. The van der Waals surface area contributed by atoms with E-state index in [4.69, 9.17) is 11.6 Å². The molecule has 1 aliphatic heterocycles. The Balaban J connectivity index is 1.72. The lowest BCUT2D eigenvalue weighted by Crippen LogP contribution is -2.45. The maximum atomic E-state index is 6.11. The topological polar surface area (TPSA) is 29.0 Å². The predicted molar refractivity (Wildman–Crippen MR) is 68.4 cm³/mol. The molecule has 0 radical (unpaired) electrons. The summed E-state index contributed by atoms with van der Waals surface area (Å²) in [4.78, 5) is 10.6. The van der Waals surface area contributed by atoms with Gasteiger partial charge in [0.15, 0.2) is 0 Å². The van der Waals surface area contributed by atoms with Gasteiger partial charge < -0.3 is 4.90 Å². The minimum atomic E-state index is 0.543. The Kier molecular flexibility index (Phi) is 2.69. The smallest absolute Gasteiger partial charge is 0.147 e. The van der Waals surface area contributed by atoms with Crippen LogP contribution in [0.3, 0.4) is 0 Å². The van der Waals surface area contributed by atoms with Crippen molar-refractivity contribution < 1.29 is 0 Å². The standard InChI is InChI=1S/C13H12ClN3/c14-12-4-2-6-16-13(12)17-8-11(9-17)10-3-1-5-15-7-10/h1-7,11H,8-9H2. The highest BCUT2D eigenvalue weighted by molar-refractivity contribution is 6.32. The van der Waals surface area contributed by atoms with Crippen LogP contribution in [0.2, 0.25) is 5.02 Å². The molecule has 0 atom stereocenters. The number of halogens is 1. The van der Waals surface area contributed by atoms with Gasteiger partial charge in [0.1, 0.15) is 5.82 Å². The summed E-state index contributed by atoms with van der Waals surface area (Å²) >= 11 is 6.11. The van der Waals surface area contributed by atoms with Gasteiger partial charge in [0.2, 0.25) is 0 Å². The molecule has 0 saturated carbocycles. The number of pyridine rings is 2. The lowest BCUT2D eigenvalue weighted by atomic mass is 9.93. The van der Waals surface area contributed by atoms with Crippen LogP contribution in [0.15, 0.2) is 42.9 Å². The van der Waals surface area contributed by atoms with E-state index in [0.717, 1.165) is 23.9 Å². The molecule has 0 bridgehead atoms. The number of hydrogen-bond acceptors (Lipinski definition) is 3. The van der Waals surface area contributed by atoms with E-state index in [1.807, 2.05) is 24.4 Å². The summed E-state index contributed by atoms with van der Waals surface area (Å²) in [5.41, 5.74) is 1.29. The van der Waals surface area contributed by atoms with Gasteiger partial charge in [0.25, 0.3) is 0 Å². The van der Waals surface area contributed by atoms with Crippen molar-refractivity contribution in [3.05, 3.63) is 53.4 Å². The molecule has 0 aromatic carbocycles. The van der Waals surface area contributed by atoms with Crippen LogP contribution in [-0.2, 0) is 0 Å². The summed E-state index contributed by atoms with van der Waals surface area (Å²) in [5.74, 6) is 1.43. The summed E-state index contributed by atoms with van der Waals surface area (Å²) in [6.45, 7) is 1.92. The molecular weight excluding hydrogens is 234 g/mol. The highest BCUT2D eigenvalue weighted by Crippen LogP contribution is 2.33.